The molecule has 1 N–H and O–H groups in total. The van der Waals surface area contributed by atoms with E-state index in [4.69, 9.17) is 15.1 Å². The number of aliphatic hydroxyl groups excluding tert-OH is 1. The van der Waals surface area contributed by atoms with Gasteiger partial charge in [-0.25, -0.2) is 4.98 Å². The van der Waals surface area contributed by atoms with E-state index in [-0.39, 0.29) is 6.61 Å². The van der Waals surface area contributed by atoms with Gasteiger partial charge in [-0.15, -0.1) is 0 Å². The van der Waals surface area contributed by atoms with Crippen LogP contribution in [0.15, 0.2) is 42.6 Å². The molecule has 1 aromatic heterocycles. The molecule has 0 saturated heterocycles. The highest BCUT2D eigenvalue weighted by atomic mass is 16.5. The fourth-order valence-corrected chi connectivity index (χ4v) is 1.70. The fourth-order valence-electron chi connectivity index (χ4n) is 1.70. The van der Waals surface area contributed by atoms with Crippen LogP contribution in [0.2, 0.25) is 0 Å². The molecule has 4 heteroatoms. The number of aliphatic hydroxyl groups is 1. The zero-order chi connectivity index (χ0) is 14.9. The van der Waals surface area contributed by atoms with Gasteiger partial charge in [-0.1, -0.05) is 24.0 Å². The third-order valence-corrected chi connectivity index (χ3v) is 2.68. The lowest BCUT2D eigenvalue weighted by atomic mass is 10.2. The molecule has 0 saturated carbocycles. The first kappa shape index (κ1) is 14.6. The number of aromatic nitrogens is 1. The minimum atomic E-state index is 0.0456. The van der Waals surface area contributed by atoms with Crippen molar-refractivity contribution in [2.45, 2.75) is 13.0 Å². The Kier molecular flexibility index (Phi) is 5.34. The van der Waals surface area contributed by atoms with Crippen LogP contribution in [-0.4, -0.2) is 16.7 Å². The molecule has 0 unspecified atom stereocenters. The molecular weight excluding hydrogens is 264 g/mol. The highest BCUT2D eigenvalue weighted by Crippen LogP contribution is 2.18. The van der Waals surface area contributed by atoms with Crippen molar-refractivity contribution in [3.05, 3.63) is 59.4 Å². The number of benzene rings is 1. The van der Waals surface area contributed by atoms with E-state index in [0.29, 0.717) is 24.5 Å². The lowest BCUT2D eigenvalue weighted by Gasteiger charge is -2.08. The highest BCUT2D eigenvalue weighted by Gasteiger charge is 2.02. The van der Waals surface area contributed by atoms with E-state index < -0.39 is 0 Å². The largest absolute Gasteiger partial charge is 0.488 e. The molecule has 2 aromatic rings. The maximum Gasteiger partial charge on any atom is 0.140 e. The van der Waals surface area contributed by atoms with Crippen molar-refractivity contribution in [2.24, 2.45) is 0 Å². The van der Waals surface area contributed by atoms with Crippen LogP contribution in [0, 0.1) is 23.2 Å². The van der Waals surface area contributed by atoms with Gasteiger partial charge in [0.15, 0.2) is 0 Å². The molecule has 0 radical (unpaired) electrons. The molecule has 2 rings (SSSR count). The molecule has 104 valence electrons. The van der Waals surface area contributed by atoms with E-state index in [1.807, 2.05) is 30.3 Å². The first-order chi connectivity index (χ1) is 10.3. The Morgan fingerprint density at radius 1 is 1.24 bits per heavy atom. The maximum atomic E-state index is 8.82. The summed E-state index contributed by atoms with van der Waals surface area (Å²) in [5.74, 6) is 6.53. The second-order valence-electron chi connectivity index (χ2n) is 4.22. The van der Waals surface area contributed by atoms with Crippen molar-refractivity contribution < 1.29 is 9.84 Å². The normalized spacial score (nSPS) is 9.33. The van der Waals surface area contributed by atoms with E-state index in [1.165, 1.54) is 0 Å². The smallest absolute Gasteiger partial charge is 0.140 e. The Balaban J connectivity index is 2.10. The first-order valence-corrected chi connectivity index (χ1v) is 6.50. The number of nitrogens with zero attached hydrogens (tertiary/aromatic N) is 2. The monoisotopic (exact) mass is 278 g/mol. The van der Waals surface area contributed by atoms with Gasteiger partial charge in [0, 0.05) is 12.6 Å². The highest BCUT2D eigenvalue weighted by molar-refractivity contribution is 5.46. The SMILES string of the molecule is N#Cc1cc(COc2ccccc2C#CCCO)ccn1. The maximum absolute atomic E-state index is 8.82. The molecule has 0 aliphatic heterocycles. The van der Waals surface area contributed by atoms with E-state index in [0.717, 1.165) is 11.1 Å². The zero-order valence-corrected chi connectivity index (χ0v) is 11.4. The van der Waals surface area contributed by atoms with Crippen LogP contribution in [0.25, 0.3) is 0 Å². The van der Waals surface area contributed by atoms with Crippen molar-refractivity contribution in [3.8, 4) is 23.7 Å². The van der Waals surface area contributed by atoms with Crippen LogP contribution in [0.3, 0.4) is 0 Å². The molecule has 0 amide bonds. The number of pyridine rings is 1. The third-order valence-electron chi connectivity index (χ3n) is 2.68. The molecular formula is C17H14N2O2. The van der Waals surface area contributed by atoms with Crippen LogP contribution in [0.4, 0.5) is 0 Å². The number of hydrogen-bond donors (Lipinski definition) is 1. The van der Waals surface area contributed by atoms with Gasteiger partial charge in [-0.2, -0.15) is 5.26 Å². The van der Waals surface area contributed by atoms with Gasteiger partial charge < -0.3 is 9.84 Å². The van der Waals surface area contributed by atoms with Crippen molar-refractivity contribution in [1.29, 1.82) is 5.26 Å². The molecule has 0 spiro atoms. The molecule has 1 heterocycles. The van der Waals surface area contributed by atoms with Gasteiger partial charge in [-0.05, 0) is 29.8 Å². The van der Waals surface area contributed by atoms with Crippen molar-refractivity contribution in [2.75, 3.05) is 6.61 Å². The quantitative estimate of drug-likeness (QED) is 0.871. The summed E-state index contributed by atoms with van der Waals surface area (Å²) < 4.78 is 5.75. The average molecular weight is 278 g/mol. The number of hydrogen-bond acceptors (Lipinski definition) is 4. The summed E-state index contributed by atoms with van der Waals surface area (Å²) in [6.45, 7) is 0.389. The Hall–Kier alpha value is -2.82. The van der Waals surface area contributed by atoms with Crippen molar-refractivity contribution in [3.63, 3.8) is 0 Å². The van der Waals surface area contributed by atoms with Crippen LogP contribution < -0.4 is 4.74 Å². The minimum absolute atomic E-state index is 0.0456. The zero-order valence-electron chi connectivity index (χ0n) is 11.4. The van der Waals surface area contributed by atoms with Crippen LogP contribution in [-0.2, 0) is 6.61 Å². The Bertz CT molecular complexity index is 708. The average Bonchev–Trinajstić information content (AvgIpc) is 2.54. The van der Waals surface area contributed by atoms with E-state index in [9.17, 15) is 0 Å². The van der Waals surface area contributed by atoms with Crippen LogP contribution in [0.1, 0.15) is 23.2 Å². The molecule has 1 aromatic carbocycles. The molecule has 21 heavy (non-hydrogen) atoms. The Morgan fingerprint density at radius 2 is 2.10 bits per heavy atom. The number of nitriles is 1. The van der Waals surface area contributed by atoms with Crippen molar-refractivity contribution in [1.82, 2.24) is 4.98 Å². The van der Waals surface area contributed by atoms with E-state index in [1.54, 1.807) is 18.3 Å². The number of ether oxygens (including phenoxy) is 1. The van der Waals surface area contributed by atoms with Gasteiger partial charge >= 0.3 is 0 Å². The van der Waals surface area contributed by atoms with Gasteiger partial charge in [0.2, 0.25) is 0 Å². The van der Waals surface area contributed by atoms with Gasteiger partial charge in [0.25, 0.3) is 0 Å². The standard InChI is InChI=1S/C17H14N2O2/c18-12-16-11-14(8-9-19-16)13-21-17-7-2-1-5-15(17)6-3-4-10-20/h1-2,5,7-9,11,20H,4,10,13H2. The van der Waals surface area contributed by atoms with Gasteiger partial charge in [-0.3, -0.25) is 0 Å². The number of para-hydroxylation sites is 1. The summed E-state index contributed by atoms with van der Waals surface area (Å²) in [6.07, 6.45) is 2.02. The predicted octanol–water partition coefficient (Wildman–Crippen LogP) is 2.27. The molecule has 0 atom stereocenters. The summed E-state index contributed by atoms with van der Waals surface area (Å²) in [5.41, 5.74) is 2.02. The molecule has 4 nitrogen and oxygen atoms in total. The van der Waals surface area contributed by atoms with Gasteiger partial charge in [0.1, 0.15) is 24.1 Å². The number of rotatable bonds is 4. The molecule has 0 aliphatic rings. The van der Waals surface area contributed by atoms with Gasteiger partial charge in [0.05, 0.1) is 12.2 Å². The topological polar surface area (TPSA) is 66.1 Å². The summed E-state index contributed by atoms with van der Waals surface area (Å²) >= 11 is 0. The lowest BCUT2D eigenvalue weighted by Crippen LogP contribution is -1.98. The third kappa shape index (κ3) is 4.35. The Morgan fingerprint density at radius 3 is 2.90 bits per heavy atom. The van der Waals surface area contributed by atoms with Crippen LogP contribution in [0.5, 0.6) is 5.75 Å². The molecule has 0 aliphatic carbocycles. The second kappa shape index (κ2) is 7.69. The lowest BCUT2D eigenvalue weighted by molar-refractivity contribution is 0.304. The first-order valence-electron chi connectivity index (χ1n) is 6.50. The molecule has 0 fully saturated rings. The minimum Gasteiger partial charge on any atom is -0.488 e. The summed E-state index contributed by atoms with van der Waals surface area (Å²) in [5, 5.41) is 17.6. The second-order valence-corrected chi connectivity index (χ2v) is 4.22. The summed E-state index contributed by atoms with van der Waals surface area (Å²) in [6, 6.07) is 13.0. The van der Waals surface area contributed by atoms with Crippen molar-refractivity contribution >= 4 is 0 Å². The molecule has 0 bridgehead atoms. The summed E-state index contributed by atoms with van der Waals surface area (Å²) in [4.78, 5) is 3.92. The predicted molar refractivity (Wildman–Crippen MR) is 78.3 cm³/mol. The van der Waals surface area contributed by atoms with Crippen LogP contribution >= 0.6 is 0 Å². The Labute approximate surface area is 123 Å². The van der Waals surface area contributed by atoms with E-state index >= 15 is 0 Å². The summed E-state index contributed by atoms with van der Waals surface area (Å²) in [7, 11) is 0. The fraction of sp³-hybridized carbons (Fsp3) is 0.176. The van der Waals surface area contributed by atoms with E-state index in [2.05, 4.69) is 16.8 Å².